The highest BCUT2D eigenvalue weighted by molar-refractivity contribution is 5.41. The van der Waals surface area contributed by atoms with Crippen LogP contribution in [0.2, 0.25) is 0 Å². The fourth-order valence-corrected chi connectivity index (χ4v) is 1.37. The van der Waals surface area contributed by atoms with Gasteiger partial charge in [-0.2, -0.15) is 5.26 Å². The number of nitriles is 1. The fourth-order valence-electron chi connectivity index (χ4n) is 1.37. The molecular formula is C11H18N2. The molecule has 0 aliphatic heterocycles. The number of rotatable bonds is 1. The van der Waals surface area contributed by atoms with Crippen molar-refractivity contribution in [3.05, 3.63) is 23.0 Å². The Labute approximate surface area is 80.6 Å². The van der Waals surface area contributed by atoms with Crippen molar-refractivity contribution in [2.45, 2.75) is 40.5 Å². The third-order valence-electron chi connectivity index (χ3n) is 1.82. The molecule has 13 heavy (non-hydrogen) atoms. The van der Waals surface area contributed by atoms with E-state index >= 15 is 0 Å². The second kappa shape index (κ2) is 5.42. The van der Waals surface area contributed by atoms with Crippen LogP contribution < -0.4 is 0 Å². The number of aromatic nitrogens is 1. The molecule has 0 aliphatic rings. The summed E-state index contributed by atoms with van der Waals surface area (Å²) in [7, 11) is 0. The molecule has 2 nitrogen and oxygen atoms in total. The Bertz CT molecular complexity index is 290. The average molecular weight is 178 g/mol. The van der Waals surface area contributed by atoms with E-state index in [0.29, 0.717) is 5.92 Å². The third-order valence-corrected chi connectivity index (χ3v) is 1.82. The van der Waals surface area contributed by atoms with Gasteiger partial charge in [0, 0.05) is 11.9 Å². The first kappa shape index (κ1) is 11.8. The maximum absolute atomic E-state index is 8.71. The highest BCUT2D eigenvalue weighted by Crippen LogP contribution is 2.21. The highest BCUT2D eigenvalue weighted by atomic mass is 14.7. The molecule has 1 aromatic heterocycles. The van der Waals surface area contributed by atoms with Crippen LogP contribution in [0.3, 0.4) is 0 Å². The number of nitrogens with one attached hydrogen (secondary N) is 1. The Morgan fingerprint density at radius 3 is 2.23 bits per heavy atom. The maximum Gasteiger partial charge on any atom is 0.101 e. The van der Waals surface area contributed by atoms with Crippen molar-refractivity contribution >= 4 is 0 Å². The second-order valence-corrected chi connectivity index (χ2v) is 3.01. The smallest absolute Gasteiger partial charge is 0.101 e. The van der Waals surface area contributed by atoms with E-state index in [0.717, 1.165) is 16.8 Å². The van der Waals surface area contributed by atoms with Crippen molar-refractivity contribution in [2.75, 3.05) is 0 Å². The number of aromatic amines is 1. The van der Waals surface area contributed by atoms with E-state index in [4.69, 9.17) is 5.26 Å². The lowest BCUT2D eigenvalue weighted by molar-refractivity contribution is 0.854. The molecule has 0 aliphatic carbocycles. The van der Waals surface area contributed by atoms with Gasteiger partial charge in [-0.3, -0.25) is 0 Å². The van der Waals surface area contributed by atoms with Crippen LogP contribution in [0.5, 0.6) is 0 Å². The average Bonchev–Trinajstić information content (AvgIpc) is 2.50. The lowest BCUT2D eigenvalue weighted by Crippen LogP contribution is -1.90. The van der Waals surface area contributed by atoms with E-state index in [9.17, 15) is 0 Å². The summed E-state index contributed by atoms with van der Waals surface area (Å²) in [5.74, 6) is 0.427. The van der Waals surface area contributed by atoms with Gasteiger partial charge in [0.15, 0.2) is 0 Å². The van der Waals surface area contributed by atoms with E-state index in [2.05, 4.69) is 24.9 Å². The van der Waals surface area contributed by atoms with Crippen LogP contribution in [0.15, 0.2) is 6.20 Å². The van der Waals surface area contributed by atoms with E-state index in [1.807, 2.05) is 20.8 Å². The lowest BCUT2D eigenvalue weighted by Gasteiger charge is -2.03. The van der Waals surface area contributed by atoms with Gasteiger partial charge in [-0.1, -0.05) is 27.7 Å². The summed E-state index contributed by atoms with van der Waals surface area (Å²) in [4.78, 5) is 3.05. The summed E-state index contributed by atoms with van der Waals surface area (Å²) >= 11 is 0. The third kappa shape index (κ3) is 2.62. The summed E-state index contributed by atoms with van der Waals surface area (Å²) in [6.07, 6.45) is 1.77. The van der Waals surface area contributed by atoms with Gasteiger partial charge in [0.25, 0.3) is 0 Å². The lowest BCUT2D eigenvalue weighted by atomic mass is 10.0. The first-order valence-corrected chi connectivity index (χ1v) is 4.74. The van der Waals surface area contributed by atoms with E-state index < -0.39 is 0 Å². The first-order chi connectivity index (χ1) is 6.16. The largest absolute Gasteiger partial charge is 0.364 e. The van der Waals surface area contributed by atoms with Gasteiger partial charge in [0.05, 0.1) is 5.56 Å². The first-order valence-electron chi connectivity index (χ1n) is 4.74. The normalized spacial score (nSPS) is 9.00. The van der Waals surface area contributed by atoms with Crippen LogP contribution in [0.4, 0.5) is 0 Å². The molecule has 0 aromatic carbocycles. The zero-order valence-electron chi connectivity index (χ0n) is 9.10. The molecule has 0 bridgehead atoms. The Hall–Kier alpha value is -1.23. The van der Waals surface area contributed by atoms with Crippen LogP contribution in [0, 0.1) is 18.3 Å². The number of H-pyrrole nitrogens is 1. The highest BCUT2D eigenvalue weighted by Gasteiger charge is 2.10. The number of nitrogens with zero attached hydrogens (tertiary/aromatic N) is 1. The van der Waals surface area contributed by atoms with Gasteiger partial charge in [0.1, 0.15) is 6.07 Å². The van der Waals surface area contributed by atoms with E-state index in [1.54, 1.807) is 6.20 Å². The van der Waals surface area contributed by atoms with E-state index in [-0.39, 0.29) is 0 Å². The predicted molar refractivity (Wildman–Crippen MR) is 55.7 cm³/mol. The Kier molecular flexibility index (Phi) is 4.91. The zero-order valence-corrected chi connectivity index (χ0v) is 9.10. The predicted octanol–water partition coefficient (Wildman–Crippen LogP) is 3.34. The van der Waals surface area contributed by atoms with Crippen molar-refractivity contribution in [3.8, 4) is 6.07 Å². The van der Waals surface area contributed by atoms with Gasteiger partial charge in [-0.15, -0.1) is 0 Å². The molecule has 72 valence electrons. The van der Waals surface area contributed by atoms with Crippen molar-refractivity contribution < 1.29 is 0 Å². The van der Waals surface area contributed by atoms with Crippen LogP contribution in [0.25, 0.3) is 0 Å². The monoisotopic (exact) mass is 178 g/mol. The van der Waals surface area contributed by atoms with Gasteiger partial charge < -0.3 is 4.98 Å². The van der Waals surface area contributed by atoms with Crippen molar-refractivity contribution in [1.29, 1.82) is 5.26 Å². The molecule has 0 fully saturated rings. The van der Waals surface area contributed by atoms with Gasteiger partial charge in [-0.05, 0) is 18.4 Å². The summed E-state index contributed by atoms with van der Waals surface area (Å²) in [5, 5.41) is 8.71. The second-order valence-electron chi connectivity index (χ2n) is 3.01. The molecule has 0 amide bonds. The number of hydrogen-bond acceptors (Lipinski definition) is 1. The van der Waals surface area contributed by atoms with Gasteiger partial charge in [-0.25, -0.2) is 0 Å². The Morgan fingerprint density at radius 2 is 1.92 bits per heavy atom. The fraction of sp³-hybridized carbons (Fsp3) is 0.545. The Balaban J connectivity index is 0.000000671. The minimum atomic E-state index is 0.427. The van der Waals surface area contributed by atoms with Crippen molar-refractivity contribution in [3.63, 3.8) is 0 Å². The maximum atomic E-state index is 8.71. The molecule has 1 N–H and O–H groups in total. The Morgan fingerprint density at radius 1 is 1.38 bits per heavy atom. The molecule has 2 heteroatoms. The summed E-state index contributed by atoms with van der Waals surface area (Å²) in [5.41, 5.74) is 3.03. The van der Waals surface area contributed by atoms with Gasteiger partial charge >= 0.3 is 0 Å². The minimum Gasteiger partial charge on any atom is -0.364 e. The van der Waals surface area contributed by atoms with Crippen LogP contribution >= 0.6 is 0 Å². The van der Waals surface area contributed by atoms with Crippen LogP contribution in [-0.2, 0) is 0 Å². The van der Waals surface area contributed by atoms with Crippen molar-refractivity contribution in [2.24, 2.45) is 0 Å². The standard InChI is InChI=1S/C9H12N2.C2H6/c1-6(2)9-7(3)11-5-8(9)4-10;1-2/h5-6,11H,1-3H3;1-2H3. The summed E-state index contributed by atoms with van der Waals surface area (Å²) in [6.45, 7) is 10.2. The molecule has 0 atom stereocenters. The molecule has 1 heterocycles. The summed E-state index contributed by atoms with van der Waals surface area (Å²) in [6, 6.07) is 2.17. The number of hydrogen-bond donors (Lipinski definition) is 1. The van der Waals surface area contributed by atoms with Gasteiger partial charge in [0.2, 0.25) is 0 Å². The van der Waals surface area contributed by atoms with E-state index in [1.165, 1.54) is 0 Å². The van der Waals surface area contributed by atoms with Crippen molar-refractivity contribution in [1.82, 2.24) is 4.98 Å². The molecule has 0 spiro atoms. The molecule has 0 radical (unpaired) electrons. The molecule has 1 aromatic rings. The van der Waals surface area contributed by atoms with Crippen LogP contribution in [-0.4, -0.2) is 4.98 Å². The number of aryl methyl sites for hydroxylation is 1. The molecule has 0 saturated heterocycles. The van der Waals surface area contributed by atoms with Crippen LogP contribution in [0.1, 0.15) is 50.4 Å². The molecular weight excluding hydrogens is 160 g/mol. The topological polar surface area (TPSA) is 39.6 Å². The minimum absolute atomic E-state index is 0.427. The zero-order chi connectivity index (χ0) is 10.4. The quantitative estimate of drug-likeness (QED) is 0.703. The SMILES string of the molecule is CC.Cc1[nH]cc(C#N)c1C(C)C. The molecule has 0 saturated carbocycles. The molecule has 1 rings (SSSR count). The molecule has 0 unspecified atom stereocenters. The summed E-state index contributed by atoms with van der Waals surface area (Å²) < 4.78 is 0.